The fourth-order valence-electron chi connectivity index (χ4n) is 2.50. The van der Waals surface area contributed by atoms with Crippen LogP contribution in [0.25, 0.3) is 11.5 Å². The van der Waals surface area contributed by atoms with Gasteiger partial charge in [0.1, 0.15) is 17.8 Å². The molecule has 1 aliphatic carbocycles. The van der Waals surface area contributed by atoms with E-state index in [1.165, 1.54) is 13.4 Å². The summed E-state index contributed by atoms with van der Waals surface area (Å²) >= 11 is 0. The number of ether oxygens (including phenoxy) is 1. The van der Waals surface area contributed by atoms with Crippen LogP contribution >= 0.6 is 0 Å². The first kappa shape index (κ1) is 13.7. The Bertz CT molecular complexity index is 641. The van der Waals surface area contributed by atoms with Crippen molar-refractivity contribution in [3.8, 4) is 17.4 Å². The Morgan fingerprint density at radius 3 is 3.10 bits per heavy atom. The van der Waals surface area contributed by atoms with Crippen LogP contribution in [0.1, 0.15) is 31.6 Å². The predicted octanol–water partition coefficient (Wildman–Crippen LogP) is 1.84. The highest BCUT2D eigenvalue weighted by Gasteiger charge is 2.25. The van der Waals surface area contributed by atoms with E-state index in [-0.39, 0.29) is 5.92 Å². The first-order valence-electron chi connectivity index (χ1n) is 6.98. The molecule has 7 heteroatoms. The summed E-state index contributed by atoms with van der Waals surface area (Å²) in [6, 6.07) is 1.64. The van der Waals surface area contributed by atoms with Gasteiger partial charge in [0.25, 0.3) is 0 Å². The van der Waals surface area contributed by atoms with Gasteiger partial charge in [-0.05, 0) is 12.8 Å². The topological polar surface area (TPSA) is 91.0 Å². The molecule has 0 bridgehead atoms. The standard InChI is InChI=1S/C14H16N4O3/c1-20-12-7-10(15-8-16-12)14-17-13(21-18-14)6-9-4-2-3-5-11(9)19/h7-9H,2-6H2,1H3. The lowest BCUT2D eigenvalue weighted by Crippen LogP contribution is -2.21. The third-order valence-electron chi connectivity index (χ3n) is 3.65. The van der Waals surface area contributed by atoms with Crippen molar-refractivity contribution in [1.29, 1.82) is 0 Å². The first-order valence-corrected chi connectivity index (χ1v) is 6.98. The van der Waals surface area contributed by atoms with E-state index in [1.54, 1.807) is 6.07 Å². The second kappa shape index (κ2) is 5.99. The molecule has 0 spiro atoms. The Morgan fingerprint density at radius 2 is 2.29 bits per heavy atom. The van der Waals surface area contributed by atoms with E-state index < -0.39 is 0 Å². The zero-order valence-electron chi connectivity index (χ0n) is 11.8. The molecule has 3 rings (SSSR count). The van der Waals surface area contributed by atoms with Gasteiger partial charge >= 0.3 is 0 Å². The minimum Gasteiger partial charge on any atom is -0.481 e. The maximum Gasteiger partial charge on any atom is 0.227 e. The minimum absolute atomic E-state index is 0.00647. The summed E-state index contributed by atoms with van der Waals surface area (Å²) in [4.78, 5) is 24.2. The van der Waals surface area contributed by atoms with Crippen molar-refractivity contribution in [2.45, 2.75) is 32.1 Å². The van der Waals surface area contributed by atoms with Crippen LogP contribution < -0.4 is 4.74 Å². The Balaban J connectivity index is 1.75. The van der Waals surface area contributed by atoms with Gasteiger partial charge in [0.05, 0.1) is 7.11 Å². The van der Waals surface area contributed by atoms with Gasteiger partial charge in [-0.3, -0.25) is 4.79 Å². The normalized spacial score (nSPS) is 18.7. The SMILES string of the molecule is COc1cc(-c2noc(CC3CCCCC3=O)n2)ncn1. The van der Waals surface area contributed by atoms with Crippen LogP contribution in [-0.2, 0) is 11.2 Å². The van der Waals surface area contributed by atoms with Gasteiger partial charge in [-0.1, -0.05) is 11.6 Å². The van der Waals surface area contributed by atoms with Crippen LogP contribution in [0.5, 0.6) is 5.88 Å². The number of hydrogen-bond acceptors (Lipinski definition) is 7. The number of Topliss-reactive ketones (excluding diaryl/α,β-unsaturated/α-hetero) is 1. The molecule has 1 fully saturated rings. The number of ketones is 1. The van der Waals surface area contributed by atoms with Gasteiger partial charge in [-0.25, -0.2) is 9.97 Å². The third-order valence-corrected chi connectivity index (χ3v) is 3.65. The summed E-state index contributed by atoms with van der Waals surface area (Å²) < 4.78 is 10.3. The number of hydrogen-bond donors (Lipinski definition) is 0. The van der Waals surface area contributed by atoms with Gasteiger partial charge in [-0.2, -0.15) is 4.98 Å². The monoisotopic (exact) mass is 288 g/mol. The van der Waals surface area contributed by atoms with E-state index >= 15 is 0 Å². The molecule has 110 valence electrons. The summed E-state index contributed by atoms with van der Waals surface area (Å²) in [7, 11) is 1.53. The van der Waals surface area contributed by atoms with Gasteiger partial charge in [0.2, 0.25) is 17.6 Å². The summed E-state index contributed by atoms with van der Waals surface area (Å²) in [5, 5.41) is 3.91. The molecule has 7 nitrogen and oxygen atoms in total. The average Bonchev–Trinajstić information content (AvgIpc) is 2.98. The number of rotatable bonds is 4. The van der Waals surface area contributed by atoms with Crippen molar-refractivity contribution >= 4 is 5.78 Å². The maximum absolute atomic E-state index is 11.8. The van der Waals surface area contributed by atoms with E-state index in [1.807, 2.05) is 0 Å². The minimum atomic E-state index is 0.00647. The van der Waals surface area contributed by atoms with Crippen molar-refractivity contribution < 1.29 is 14.1 Å². The zero-order valence-corrected chi connectivity index (χ0v) is 11.8. The number of methoxy groups -OCH3 is 1. The molecule has 1 saturated carbocycles. The van der Waals surface area contributed by atoms with Gasteiger partial charge in [0.15, 0.2) is 0 Å². The van der Waals surface area contributed by atoms with Crippen LogP contribution in [-0.4, -0.2) is 33.0 Å². The van der Waals surface area contributed by atoms with E-state index in [0.717, 1.165) is 19.3 Å². The molecule has 1 unspecified atom stereocenters. The molecule has 2 heterocycles. The summed E-state index contributed by atoms with van der Waals surface area (Å²) in [6.45, 7) is 0. The van der Waals surface area contributed by atoms with Gasteiger partial charge in [0, 0.05) is 24.8 Å². The molecular weight excluding hydrogens is 272 g/mol. The highest BCUT2D eigenvalue weighted by atomic mass is 16.5. The maximum atomic E-state index is 11.8. The van der Waals surface area contributed by atoms with E-state index in [4.69, 9.17) is 9.26 Å². The van der Waals surface area contributed by atoms with Crippen molar-refractivity contribution in [2.75, 3.05) is 7.11 Å². The van der Waals surface area contributed by atoms with Gasteiger partial charge < -0.3 is 9.26 Å². The average molecular weight is 288 g/mol. The van der Waals surface area contributed by atoms with Crippen molar-refractivity contribution in [1.82, 2.24) is 20.1 Å². The van der Waals surface area contributed by atoms with Gasteiger partial charge in [-0.15, -0.1) is 0 Å². The fourth-order valence-corrected chi connectivity index (χ4v) is 2.50. The molecular formula is C14H16N4O3. The molecule has 2 aromatic rings. The highest BCUT2D eigenvalue weighted by molar-refractivity contribution is 5.81. The Hall–Kier alpha value is -2.31. The molecule has 2 aromatic heterocycles. The summed E-state index contributed by atoms with van der Waals surface area (Å²) in [5.41, 5.74) is 0.534. The van der Waals surface area contributed by atoms with Crippen LogP contribution in [0.4, 0.5) is 0 Å². The van der Waals surface area contributed by atoms with Crippen molar-refractivity contribution in [3.05, 3.63) is 18.3 Å². The summed E-state index contributed by atoms with van der Waals surface area (Å²) in [5.74, 6) is 1.60. The number of carbonyl (C=O) groups excluding carboxylic acids is 1. The van der Waals surface area contributed by atoms with E-state index in [2.05, 4.69) is 20.1 Å². The number of nitrogens with zero attached hydrogens (tertiary/aromatic N) is 4. The molecule has 0 amide bonds. The Kier molecular flexibility index (Phi) is 3.89. The van der Waals surface area contributed by atoms with Crippen molar-refractivity contribution in [3.63, 3.8) is 0 Å². The molecule has 0 radical (unpaired) electrons. The number of carbonyl (C=O) groups is 1. The third kappa shape index (κ3) is 3.07. The van der Waals surface area contributed by atoms with Crippen LogP contribution in [0.2, 0.25) is 0 Å². The fraction of sp³-hybridized carbons (Fsp3) is 0.500. The Labute approximate surface area is 121 Å². The Morgan fingerprint density at radius 1 is 1.38 bits per heavy atom. The second-order valence-corrected chi connectivity index (χ2v) is 5.07. The lowest BCUT2D eigenvalue weighted by Gasteiger charge is -2.18. The number of aromatic nitrogens is 4. The lowest BCUT2D eigenvalue weighted by atomic mass is 9.86. The smallest absolute Gasteiger partial charge is 0.227 e. The first-order chi connectivity index (χ1) is 10.3. The van der Waals surface area contributed by atoms with E-state index in [0.29, 0.717) is 41.9 Å². The van der Waals surface area contributed by atoms with E-state index in [9.17, 15) is 4.79 Å². The van der Waals surface area contributed by atoms with Crippen LogP contribution in [0.15, 0.2) is 16.9 Å². The second-order valence-electron chi connectivity index (χ2n) is 5.07. The summed E-state index contributed by atoms with van der Waals surface area (Å²) in [6.07, 6.45) is 5.53. The molecule has 0 aliphatic heterocycles. The molecule has 1 atom stereocenters. The molecule has 0 saturated heterocycles. The van der Waals surface area contributed by atoms with Crippen LogP contribution in [0, 0.1) is 5.92 Å². The molecule has 0 N–H and O–H groups in total. The quantitative estimate of drug-likeness (QED) is 0.847. The van der Waals surface area contributed by atoms with Crippen LogP contribution in [0.3, 0.4) is 0 Å². The zero-order chi connectivity index (χ0) is 14.7. The molecule has 21 heavy (non-hydrogen) atoms. The highest BCUT2D eigenvalue weighted by Crippen LogP contribution is 2.24. The molecule has 0 aromatic carbocycles. The predicted molar refractivity (Wildman–Crippen MR) is 72.5 cm³/mol. The lowest BCUT2D eigenvalue weighted by molar-refractivity contribution is -0.124. The van der Waals surface area contributed by atoms with Crippen molar-refractivity contribution in [2.24, 2.45) is 5.92 Å². The molecule has 1 aliphatic rings. The largest absolute Gasteiger partial charge is 0.481 e.